The molecule has 0 heterocycles. The van der Waals surface area contributed by atoms with Crippen molar-refractivity contribution < 1.29 is 19.0 Å². The molecule has 0 spiro atoms. The third kappa shape index (κ3) is 2.96. The summed E-state index contributed by atoms with van der Waals surface area (Å²) in [5, 5.41) is 8.40. The van der Waals surface area contributed by atoms with Gasteiger partial charge in [0.05, 0.1) is 6.61 Å². The van der Waals surface area contributed by atoms with Gasteiger partial charge in [-0.05, 0) is 6.92 Å². The van der Waals surface area contributed by atoms with Crippen LogP contribution in [0.5, 0.6) is 0 Å². The van der Waals surface area contributed by atoms with Crippen molar-refractivity contribution in [2.75, 3.05) is 20.8 Å². The molecule has 0 aliphatic rings. The zero-order valence-corrected chi connectivity index (χ0v) is 6.93. The molecule has 3 nitrogen and oxygen atoms in total. The van der Waals surface area contributed by atoms with Crippen molar-refractivity contribution in [3.63, 3.8) is 0 Å². The van der Waals surface area contributed by atoms with Crippen molar-refractivity contribution in [2.45, 2.75) is 13.2 Å². The van der Waals surface area contributed by atoms with Crippen molar-refractivity contribution in [1.82, 2.24) is 0 Å². The van der Waals surface area contributed by atoms with Crippen LogP contribution in [-0.4, -0.2) is 32.2 Å². The minimum Gasteiger partial charge on any atom is -0.389 e. The van der Waals surface area contributed by atoms with Gasteiger partial charge in [0.2, 0.25) is 0 Å². The fourth-order valence-electron chi connectivity index (χ4n) is 0.702. The lowest BCUT2D eigenvalue weighted by Gasteiger charge is -2.13. The second-order valence-electron chi connectivity index (χ2n) is 2.05. The summed E-state index contributed by atoms with van der Waals surface area (Å²) in [6, 6.07) is 0. The third-order valence-corrected chi connectivity index (χ3v) is 1.35. The number of hydrogen-bond donors (Lipinski definition) is 1. The number of hydrogen-bond acceptors (Lipinski definition) is 3. The van der Waals surface area contributed by atoms with E-state index in [4.69, 9.17) is 14.6 Å². The Morgan fingerprint density at radius 3 is 2.18 bits per heavy atom. The number of halogens is 1. The quantitative estimate of drug-likeness (QED) is 0.626. The van der Waals surface area contributed by atoms with Crippen LogP contribution in [0.3, 0.4) is 0 Å². The molecular formula is C7H13FO3. The maximum atomic E-state index is 12.6. The highest BCUT2D eigenvalue weighted by Gasteiger charge is 2.12. The van der Waals surface area contributed by atoms with Crippen LogP contribution >= 0.6 is 0 Å². The van der Waals surface area contributed by atoms with Crippen LogP contribution in [0.15, 0.2) is 11.4 Å². The Kier molecular flexibility index (Phi) is 5.02. The van der Waals surface area contributed by atoms with Crippen LogP contribution in [0.1, 0.15) is 6.92 Å². The molecule has 0 saturated heterocycles. The highest BCUT2D eigenvalue weighted by molar-refractivity contribution is 5.07. The van der Waals surface area contributed by atoms with Crippen LogP contribution in [0, 0.1) is 0 Å². The number of ether oxygens (including phenoxy) is 2. The zero-order valence-electron chi connectivity index (χ0n) is 6.93. The molecule has 0 bridgehead atoms. The monoisotopic (exact) mass is 164 g/mol. The molecular weight excluding hydrogens is 151 g/mol. The highest BCUT2D eigenvalue weighted by atomic mass is 19.1. The first kappa shape index (κ1) is 10.6. The van der Waals surface area contributed by atoms with E-state index in [0.29, 0.717) is 0 Å². The van der Waals surface area contributed by atoms with Crippen molar-refractivity contribution in [3.8, 4) is 0 Å². The summed E-state index contributed by atoms with van der Waals surface area (Å²) in [4.78, 5) is 0. The first-order valence-corrected chi connectivity index (χ1v) is 3.19. The molecule has 1 N–H and O–H groups in total. The van der Waals surface area contributed by atoms with E-state index in [1.54, 1.807) is 0 Å². The minimum absolute atomic E-state index is 0.262. The molecule has 66 valence electrons. The standard InChI is InChI=1S/C7H13FO3/c1-5(6(8)4-9)7(10-2)11-3/h7,9H,4H2,1-3H3/b6-5+. The lowest BCUT2D eigenvalue weighted by molar-refractivity contribution is -0.0765. The second kappa shape index (κ2) is 5.23. The predicted molar refractivity (Wildman–Crippen MR) is 38.7 cm³/mol. The molecule has 0 radical (unpaired) electrons. The van der Waals surface area contributed by atoms with Crippen molar-refractivity contribution in [3.05, 3.63) is 11.4 Å². The van der Waals surface area contributed by atoms with Gasteiger partial charge in [0.1, 0.15) is 5.83 Å². The number of methoxy groups -OCH3 is 2. The van der Waals surface area contributed by atoms with Gasteiger partial charge in [0, 0.05) is 19.8 Å². The maximum Gasteiger partial charge on any atom is 0.181 e. The van der Waals surface area contributed by atoms with Gasteiger partial charge in [-0.15, -0.1) is 0 Å². The molecule has 0 amide bonds. The summed E-state index contributed by atoms with van der Waals surface area (Å²) in [6.45, 7) is 0.887. The maximum absolute atomic E-state index is 12.6. The topological polar surface area (TPSA) is 38.7 Å². The Morgan fingerprint density at radius 2 is 1.91 bits per heavy atom. The van der Waals surface area contributed by atoms with Crippen LogP contribution in [0.4, 0.5) is 4.39 Å². The molecule has 0 aliphatic carbocycles. The molecule has 11 heavy (non-hydrogen) atoms. The lowest BCUT2D eigenvalue weighted by Crippen LogP contribution is -2.16. The van der Waals surface area contributed by atoms with Crippen LogP contribution < -0.4 is 0 Å². The van der Waals surface area contributed by atoms with Gasteiger partial charge in [-0.3, -0.25) is 0 Å². The molecule has 0 aromatic rings. The normalized spacial score (nSPS) is 13.6. The number of aliphatic hydroxyl groups is 1. The predicted octanol–water partition coefficient (Wildman–Crippen LogP) is 0.841. The Hall–Kier alpha value is -0.450. The SMILES string of the molecule is COC(OC)/C(C)=C(/F)CO. The van der Waals surface area contributed by atoms with Gasteiger partial charge in [-0.1, -0.05) is 0 Å². The van der Waals surface area contributed by atoms with E-state index in [-0.39, 0.29) is 5.57 Å². The van der Waals surface area contributed by atoms with Gasteiger partial charge in [0.15, 0.2) is 6.29 Å². The Morgan fingerprint density at radius 1 is 1.45 bits per heavy atom. The largest absolute Gasteiger partial charge is 0.389 e. The molecule has 4 heteroatoms. The van der Waals surface area contributed by atoms with Gasteiger partial charge in [-0.2, -0.15) is 0 Å². The first-order chi connectivity index (χ1) is 5.17. The second-order valence-corrected chi connectivity index (χ2v) is 2.05. The summed E-state index contributed by atoms with van der Waals surface area (Å²) >= 11 is 0. The Bertz CT molecular complexity index is 141. The molecule has 0 aromatic carbocycles. The van der Waals surface area contributed by atoms with Gasteiger partial charge in [-0.25, -0.2) is 4.39 Å². The van der Waals surface area contributed by atoms with E-state index in [0.717, 1.165) is 0 Å². The fourth-order valence-corrected chi connectivity index (χ4v) is 0.702. The number of aliphatic hydroxyl groups excluding tert-OH is 1. The summed E-state index contributed by atoms with van der Waals surface area (Å²) in [5.41, 5.74) is 0.262. The average Bonchev–Trinajstić information content (AvgIpc) is 2.05. The van der Waals surface area contributed by atoms with Crippen LogP contribution in [0.25, 0.3) is 0 Å². The highest BCUT2D eigenvalue weighted by Crippen LogP contribution is 2.12. The van der Waals surface area contributed by atoms with Crippen LogP contribution in [-0.2, 0) is 9.47 Å². The average molecular weight is 164 g/mol. The third-order valence-electron chi connectivity index (χ3n) is 1.35. The van der Waals surface area contributed by atoms with E-state index >= 15 is 0 Å². The van der Waals surface area contributed by atoms with Crippen molar-refractivity contribution >= 4 is 0 Å². The molecule has 0 aliphatic heterocycles. The Balaban J connectivity index is 4.28. The Labute approximate surface area is 65.4 Å². The fraction of sp³-hybridized carbons (Fsp3) is 0.714. The summed E-state index contributed by atoms with van der Waals surface area (Å²) in [5.74, 6) is -0.612. The summed E-state index contributed by atoms with van der Waals surface area (Å²) in [6.07, 6.45) is -0.706. The summed E-state index contributed by atoms with van der Waals surface area (Å²) < 4.78 is 22.1. The number of rotatable bonds is 4. The molecule has 0 saturated carbocycles. The minimum atomic E-state index is -0.706. The van der Waals surface area contributed by atoms with Gasteiger partial charge in [0.25, 0.3) is 0 Å². The molecule has 0 atom stereocenters. The van der Waals surface area contributed by atoms with E-state index in [1.807, 2.05) is 0 Å². The molecule has 0 unspecified atom stereocenters. The summed E-state index contributed by atoms with van der Waals surface area (Å²) in [7, 11) is 2.81. The van der Waals surface area contributed by atoms with E-state index < -0.39 is 18.7 Å². The zero-order chi connectivity index (χ0) is 8.85. The first-order valence-electron chi connectivity index (χ1n) is 3.19. The molecule has 0 fully saturated rings. The smallest absolute Gasteiger partial charge is 0.181 e. The van der Waals surface area contributed by atoms with Crippen molar-refractivity contribution in [1.29, 1.82) is 0 Å². The molecule has 0 aromatic heterocycles. The van der Waals surface area contributed by atoms with Gasteiger partial charge < -0.3 is 14.6 Å². The van der Waals surface area contributed by atoms with Gasteiger partial charge >= 0.3 is 0 Å². The van der Waals surface area contributed by atoms with E-state index in [1.165, 1.54) is 21.1 Å². The van der Waals surface area contributed by atoms with Crippen molar-refractivity contribution in [2.24, 2.45) is 0 Å². The lowest BCUT2D eigenvalue weighted by atomic mass is 10.2. The van der Waals surface area contributed by atoms with Crippen LogP contribution in [0.2, 0.25) is 0 Å². The van der Waals surface area contributed by atoms with E-state index in [9.17, 15) is 4.39 Å². The molecule has 0 rings (SSSR count). The van der Waals surface area contributed by atoms with E-state index in [2.05, 4.69) is 0 Å².